The third-order valence-corrected chi connectivity index (χ3v) is 5.09. The quantitative estimate of drug-likeness (QED) is 0.844. The Hall–Kier alpha value is -1.79. The summed E-state index contributed by atoms with van der Waals surface area (Å²) in [6.07, 6.45) is -0.210. The van der Waals surface area contributed by atoms with E-state index in [0.717, 1.165) is 25.3 Å². The van der Waals surface area contributed by atoms with E-state index in [0.29, 0.717) is 13.1 Å². The molecule has 0 saturated carbocycles. The minimum Gasteiger partial charge on any atom is -0.444 e. The molecule has 2 N–H and O–H groups in total. The van der Waals surface area contributed by atoms with Crippen molar-refractivity contribution in [2.24, 2.45) is 0 Å². The zero-order valence-corrected chi connectivity index (χ0v) is 15.4. The van der Waals surface area contributed by atoms with Crippen LogP contribution in [0.25, 0.3) is 10.1 Å². The van der Waals surface area contributed by atoms with Gasteiger partial charge in [0, 0.05) is 43.1 Å². The number of carbonyl (C=O) groups excluding carboxylic acids is 1. The molecule has 3 rings (SSSR count). The Bertz CT molecular complexity index is 727. The van der Waals surface area contributed by atoms with E-state index in [9.17, 15) is 4.79 Å². The van der Waals surface area contributed by atoms with Crippen molar-refractivity contribution in [3.63, 3.8) is 0 Å². The molecule has 24 heavy (non-hydrogen) atoms. The van der Waals surface area contributed by atoms with Gasteiger partial charge in [-0.1, -0.05) is 6.07 Å². The summed E-state index contributed by atoms with van der Waals surface area (Å²) in [7, 11) is 0. The van der Waals surface area contributed by atoms with E-state index in [1.807, 2.05) is 32.9 Å². The van der Waals surface area contributed by atoms with Crippen LogP contribution < -0.4 is 5.73 Å². The number of ether oxygens (including phenoxy) is 1. The van der Waals surface area contributed by atoms with Crippen molar-refractivity contribution in [1.29, 1.82) is 0 Å². The van der Waals surface area contributed by atoms with Gasteiger partial charge in [0.15, 0.2) is 0 Å². The maximum absolute atomic E-state index is 12.1. The van der Waals surface area contributed by atoms with Crippen LogP contribution in [0.3, 0.4) is 0 Å². The summed E-state index contributed by atoms with van der Waals surface area (Å²) in [4.78, 5) is 16.3. The van der Waals surface area contributed by atoms with Crippen molar-refractivity contribution in [3.05, 3.63) is 29.1 Å². The summed E-state index contributed by atoms with van der Waals surface area (Å²) in [5.74, 6) is 0. The number of nitrogens with two attached hydrogens (primary N) is 1. The number of hydrogen-bond donors (Lipinski definition) is 1. The van der Waals surface area contributed by atoms with Gasteiger partial charge in [-0.15, -0.1) is 11.3 Å². The third kappa shape index (κ3) is 3.99. The highest BCUT2D eigenvalue weighted by molar-refractivity contribution is 7.17. The fourth-order valence-corrected chi connectivity index (χ4v) is 3.88. The van der Waals surface area contributed by atoms with E-state index in [-0.39, 0.29) is 6.09 Å². The van der Waals surface area contributed by atoms with Crippen LogP contribution >= 0.6 is 11.3 Å². The second-order valence-corrected chi connectivity index (χ2v) is 8.17. The van der Waals surface area contributed by atoms with Crippen LogP contribution in [0, 0.1) is 0 Å². The molecule has 1 aromatic heterocycles. The van der Waals surface area contributed by atoms with Crippen molar-refractivity contribution in [2.45, 2.75) is 32.9 Å². The number of benzene rings is 1. The third-order valence-electron chi connectivity index (χ3n) is 4.10. The van der Waals surface area contributed by atoms with E-state index >= 15 is 0 Å². The van der Waals surface area contributed by atoms with E-state index in [2.05, 4.69) is 16.3 Å². The molecule has 2 heterocycles. The van der Waals surface area contributed by atoms with Crippen LogP contribution in [0.4, 0.5) is 10.5 Å². The molecule has 1 aliphatic rings. The Balaban J connectivity index is 1.58. The lowest BCUT2D eigenvalue weighted by Gasteiger charge is -2.35. The van der Waals surface area contributed by atoms with Gasteiger partial charge in [-0.25, -0.2) is 4.79 Å². The lowest BCUT2D eigenvalue weighted by molar-refractivity contribution is 0.0139. The largest absolute Gasteiger partial charge is 0.444 e. The Morgan fingerprint density at radius 2 is 1.96 bits per heavy atom. The number of nitrogens with zero attached hydrogens (tertiary/aromatic N) is 2. The molecule has 0 radical (unpaired) electrons. The lowest BCUT2D eigenvalue weighted by Crippen LogP contribution is -2.49. The van der Waals surface area contributed by atoms with Gasteiger partial charge in [-0.3, -0.25) is 4.90 Å². The summed E-state index contributed by atoms with van der Waals surface area (Å²) < 4.78 is 6.68. The second kappa shape index (κ2) is 6.61. The van der Waals surface area contributed by atoms with Gasteiger partial charge < -0.3 is 15.4 Å². The van der Waals surface area contributed by atoms with Gasteiger partial charge in [-0.2, -0.15) is 0 Å². The smallest absolute Gasteiger partial charge is 0.410 e. The van der Waals surface area contributed by atoms with Gasteiger partial charge >= 0.3 is 6.09 Å². The van der Waals surface area contributed by atoms with E-state index < -0.39 is 5.60 Å². The molecule has 0 atom stereocenters. The normalized spacial score (nSPS) is 16.5. The molecule has 1 fully saturated rings. The van der Waals surface area contributed by atoms with Crippen LogP contribution in [0.1, 0.15) is 26.3 Å². The number of piperazine rings is 1. The van der Waals surface area contributed by atoms with Gasteiger partial charge in [0.1, 0.15) is 5.60 Å². The second-order valence-electron chi connectivity index (χ2n) is 7.26. The van der Waals surface area contributed by atoms with Gasteiger partial charge in [0.25, 0.3) is 0 Å². The maximum atomic E-state index is 12.1. The molecule has 0 spiro atoms. The van der Waals surface area contributed by atoms with Gasteiger partial charge in [-0.05, 0) is 49.2 Å². The van der Waals surface area contributed by atoms with E-state index in [1.165, 1.54) is 15.6 Å². The standard InChI is InChI=1S/C18H25N3O2S/c1-18(2,3)23-17(22)21-8-6-20(7-9-21)11-13-12-24-16-10-14(19)4-5-15(13)16/h4-5,10,12H,6-9,11,19H2,1-3H3. The first-order chi connectivity index (χ1) is 11.3. The Morgan fingerprint density at radius 3 is 2.62 bits per heavy atom. The molecule has 1 aromatic carbocycles. The van der Waals surface area contributed by atoms with Crippen molar-refractivity contribution >= 4 is 33.2 Å². The summed E-state index contributed by atoms with van der Waals surface area (Å²) >= 11 is 1.74. The summed E-state index contributed by atoms with van der Waals surface area (Å²) in [6.45, 7) is 9.76. The first-order valence-corrected chi connectivity index (χ1v) is 9.16. The number of carbonyl (C=O) groups is 1. The number of amides is 1. The first kappa shape index (κ1) is 17.0. The summed E-state index contributed by atoms with van der Waals surface area (Å²) in [6, 6.07) is 6.09. The molecule has 5 nitrogen and oxygen atoms in total. The van der Waals surface area contributed by atoms with Crippen LogP contribution in [-0.2, 0) is 11.3 Å². The first-order valence-electron chi connectivity index (χ1n) is 8.28. The fourth-order valence-electron chi connectivity index (χ4n) is 2.88. The van der Waals surface area contributed by atoms with Gasteiger partial charge in [0.05, 0.1) is 0 Å². The Kier molecular flexibility index (Phi) is 4.69. The minimum atomic E-state index is -0.439. The van der Waals surface area contributed by atoms with Crippen LogP contribution in [0.5, 0.6) is 0 Å². The SMILES string of the molecule is CC(C)(C)OC(=O)N1CCN(Cc2csc3cc(N)ccc23)CC1. The van der Waals surface area contributed by atoms with Gasteiger partial charge in [0.2, 0.25) is 0 Å². The van der Waals surface area contributed by atoms with Crippen molar-refractivity contribution in [1.82, 2.24) is 9.80 Å². The summed E-state index contributed by atoms with van der Waals surface area (Å²) in [5.41, 5.74) is 7.55. The molecule has 1 aliphatic heterocycles. The predicted molar refractivity (Wildman–Crippen MR) is 99.3 cm³/mol. The molecule has 1 amide bonds. The average molecular weight is 347 g/mol. The molecule has 1 saturated heterocycles. The molecule has 0 unspecified atom stereocenters. The summed E-state index contributed by atoms with van der Waals surface area (Å²) in [5, 5.41) is 3.49. The topological polar surface area (TPSA) is 58.8 Å². The predicted octanol–water partition coefficient (Wildman–Crippen LogP) is 3.54. The van der Waals surface area contributed by atoms with E-state index in [1.54, 1.807) is 16.2 Å². The minimum absolute atomic E-state index is 0.210. The molecule has 2 aromatic rings. The monoisotopic (exact) mass is 347 g/mol. The molecule has 130 valence electrons. The lowest BCUT2D eigenvalue weighted by atomic mass is 10.1. The highest BCUT2D eigenvalue weighted by atomic mass is 32.1. The Morgan fingerprint density at radius 1 is 1.25 bits per heavy atom. The number of nitrogen functional groups attached to an aromatic ring is 1. The Labute approximate surface area is 147 Å². The number of anilines is 1. The molecular weight excluding hydrogens is 322 g/mol. The highest BCUT2D eigenvalue weighted by Crippen LogP contribution is 2.29. The van der Waals surface area contributed by atoms with Crippen molar-refractivity contribution in [2.75, 3.05) is 31.9 Å². The van der Waals surface area contributed by atoms with Crippen molar-refractivity contribution in [3.8, 4) is 0 Å². The van der Waals surface area contributed by atoms with Crippen molar-refractivity contribution < 1.29 is 9.53 Å². The van der Waals surface area contributed by atoms with E-state index in [4.69, 9.17) is 10.5 Å². The van der Waals surface area contributed by atoms with Crippen LogP contribution in [0.2, 0.25) is 0 Å². The maximum Gasteiger partial charge on any atom is 0.410 e. The van der Waals surface area contributed by atoms with Crippen LogP contribution in [0.15, 0.2) is 23.6 Å². The zero-order chi connectivity index (χ0) is 17.3. The molecule has 0 bridgehead atoms. The number of rotatable bonds is 2. The number of fused-ring (bicyclic) bond motifs is 1. The number of hydrogen-bond acceptors (Lipinski definition) is 5. The fraction of sp³-hybridized carbons (Fsp3) is 0.500. The molecular formula is C18H25N3O2S. The average Bonchev–Trinajstić information content (AvgIpc) is 2.88. The molecule has 0 aliphatic carbocycles. The molecule has 6 heteroatoms. The highest BCUT2D eigenvalue weighted by Gasteiger charge is 2.26. The zero-order valence-electron chi connectivity index (χ0n) is 14.5. The number of thiophene rings is 1. The van der Waals surface area contributed by atoms with Crippen LogP contribution in [-0.4, -0.2) is 47.7 Å².